The van der Waals surface area contributed by atoms with Crippen molar-refractivity contribution in [1.82, 2.24) is 10.3 Å². The number of halogens is 1. The van der Waals surface area contributed by atoms with Gasteiger partial charge in [-0.1, -0.05) is 30.3 Å². The molecule has 2 aromatic carbocycles. The van der Waals surface area contributed by atoms with Gasteiger partial charge < -0.3 is 9.73 Å². The van der Waals surface area contributed by atoms with Crippen LogP contribution in [-0.2, 0) is 6.42 Å². The Morgan fingerprint density at radius 3 is 2.61 bits per heavy atom. The quantitative estimate of drug-likeness (QED) is 0.785. The van der Waals surface area contributed by atoms with Crippen molar-refractivity contribution < 1.29 is 13.6 Å². The van der Waals surface area contributed by atoms with E-state index in [0.29, 0.717) is 18.9 Å². The first-order valence-electron chi connectivity index (χ1n) is 7.26. The Bertz CT molecular complexity index is 800. The van der Waals surface area contributed by atoms with Crippen molar-refractivity contribution in [2.75, 3.05) is 6.54 Å². The zero-order valence-corrected chi connectivity index (χ0v) is 12.3. The highest BCUT2D eigenvalue weighted by atomic mass is 19.1. The zero-order chi connectivity index (χ0) is 16.1. The fourth-order valence-electron chi connectivity index (χ4n) is 2.18. The lowest BCUT2D eigenvalue weighted by Crippen LogP contribution is -2.26. The van der Waals surface area contributed by atoms with Gasteiger partial charge in [-0.2, -0.15) is 0 Å². The van der Waals surface area contributed by atoms with E-state index >= 15 is 0 Å². The largest absolute Gasteiger partial charge is 0.444 e. The van der Waals surface area contributed by atoms with Gasteiger partial charge >= 0.3 is 0 Å². The van der Waals surface area contributed by atoms with E-state index in [4.69, 9.17) is 4.42 Å². The van der Waals surface area contributed by atoms with E-state index in [1.54, 1.807) is 18.4 Å². The summed E-state index contributed by atoms with van der Waals surface area (Å²) in [6.07, 6.45) is 2.08. The van der Waals surface area contributed by atoms with E-state index in [1.807, 2.05) is 30.3 Å². The van der Waals surface area contributed by atoms with Gasteiger partial charge in [0.15, 0.2) is 0 Å². The van der Waals surface area contributed by atoms with Gasteiger partial charge in [-0.3, -0.25) is 4.79 Å². The van der Waals surface area contributed by atoms with Crippen molar-refractivity contribution >= 4 is 5.91 Å². The highest BCUT2D eigenvalue weighted by molar-refractivity contribution is 5.94. The third-order valence-corrected chi connectivity index (χ3v) is 3.36. The summed E-state index contributed by atoms with van der Waals surface area (Å²) in [7, 11) is 0. The maximum absolute atomic E-state index is 13.5. The lowest BCUT2D eigenvalue weighted by molar-refractivity contribution is 0.0950. The number of rotatable bonds is 5. The van der Waals surface area contributed by atoms with Crippen molar-refractivity contribution in [2.24, 2.45) is 0 Å². The van der Waals surface area contributed by atoms with Gasteiger partial charge in [-0.15, -0.1) is 0 Å². The number of carbonyl (C=O) groups is 1. The van der Waals surface area contributed by atoms with Crippen LogP contribution in [-0.4, -0.2) is 17.4 Å². The van der Waals surface area contributed by atoms with E-state index < -0.39 is 11.7 Å². The standard InChI is InChI=1S/C18H15FN2O2/c19-16-9-5-4-8-15(16)17(22)20-11-10-14-12-23-18(21-14)13-6-2-1-3-7-13/h1-9,12H,10-11H2,(H,20,22). The monoisotopic (exact) mass is 310 g/mol. The van der Waals surface area contributed by atoms with E-state index in [0.717, 1.165) is 11.3 Å². The third-order valence-electron chi connectivity index (χ3n) is 3.36. The molecule has 0 aliphatic heterocycles. The molecule has 0 aliphatic rings. The first-order valence-corrected chi connectivity index (χ1v) is 7.26. The highest BCUT2D eigenvalue weighted by Gasteiger charge is 2.11. The molecule has 1 aromatic heterocycles. The lowest BCUT2D eigenvalue weighted by atomic mass is 10.2. The molecule has 0 bridgehead atoms. The number of oxazole rings is 1. The minimum absolute atomic E-state index is 0.0395. The maximum atomic E-state index is 13.5. The zero-order valence-electron chi connectivity index (χ0n) is 12.3. The van der Waals surface area contributed by atoms with Gasteiger partial charge in [-0.25, -0.2) is 9.37 Å². The van der Waals surface area contributed by atoms with Crippen LogP contribution in [0.15, 0.2) is 65.3 Å². The number of hydrogen-bond acceptors (Lipinski definition) is 3. The molecule has 0 saturated carbocycles. The van der Waals surface area contributed by atoms with Crippen LogP contribution in [0, 0.1) is 5.82 Å². The Kier molecular flexibility index (Phi) is 4.47. The Morgan fingerprint density at radius 1 is 1.09 bits per heavy atom. The molecule has 0 atom stereocenters. The van der Waals surface area contributed by atoms with Crippen molar-refractivity contribution in [3.8, 4) is 11.5 Å². The number of benzene rings is 2. The predicted molar refractivity (Wildman–Crippen MR) is 84.4 cm³/mol. The van der Waals surface area contributed by atoms with Crippen molar-refractivity contribution in [3.05, 3.63) is 77.9 Å². The van der Waals surface area contributed by atoms with E-state index in [9.17, 15) is 9.18 Å². The van der Waals surface area contributed by atoms with Crippen LogP contribution in [0.5, 0.6) is 0 Å². The van der Waals surface area contributed by atoms with Crippen LogP contribution in [0.25, 0.3) is 11.5 Å². The fraction of sp³-hybridized carbons (Fsp3) is 0.111. The molecule has 0 radical (unpaired) electrons. The van der Waals surface area contributed by atoms with Crippen LogP contribution in [0.3, 0.4) is 0 Å². The minimum Gasteiger partial charge on any atom is -0.444 e. The Hall–Kier alpha value is -2.95. The SMILES string of the molecule is O=C(NCCc1coc(-c2ccccc2)n1)c1ccccc1F. The summed E-state index contributed by atoms with van der Waals surface area (Å²) in [6, 6.07) is 15.5. The Labute approximate surface area is 133 Å². The average molecular weight is 310 g/mol. The van der Waals surface area contributed by atoms with Crippen molar-refractivity contribution in [2.45, 2.75) is 6.42 Å². The molecule has 23 heavy (non-hydrogen) atoms. The van der Waals surface area contributed by atoms with Gasteiger partial charge in [0.1, 0.15) is 12.1 Å². The van der Waals surface area contributed by atoms with Gasteiger partial charge in [0.25, 0.3) is 5.91 Å². The molecule has 0 fully saturated rings. The van der Waals surface area contributed by atoms with Gasteiger partial charge in [0.05, 0.1) is 11.3 Å². The molecule has 4 nitrogen and oxygen atoms in total. The molecule has 0 saturated heterocycles. The summed E-state index contributed by atoms with van der Waals surface area (Å²) < 4.78 is 18.9. The second-order valence-corrected chi connectivity index (χ2v) is 5.00. The summed E-state index contributed by atoms with van der Waals surface area (Å²) in [4.78, 5) is 16.3. The van der Waals surface area contributed by atoms with E-state index in [1.165, 1.54) is 12.1 Å². The topological polar surface area (TPSA) is 55.1 Å². The van der Waals surface area contributed by atoms with Crippen LogP contribution < -0.4 is 5.32 Å². The molecule has 1 N–H and O–H groups in total. The molecule has 1 heterocycles. The molecule has 116 valence electrons. The molecule has 3 aromatic rings. The van der Waals surface area contributed by atoms with Crippen molar-refractivity contribution in [1.29, 1.82) is 0 Å². The van der Waals surface area contributed by atoms with E-state index in [2.05, 4.69) is 10.3 Å². The number of carbonyl (C=O) groups excluding carboxylic acids is 1. The maximum Gasteiger partial charge on any atom is 0.254 e. The third kappa shape index (κ3) is 3.63. The fourth-order valence-corrected chi connectivity index (χ4v) is 2.18. The summed E-state index contributed by atoms with van der Waals surface area (Å²) in [5.41, 5.74) is 1.67. The van der Waals surface area contributed by atoms with Crippen LogP contribution in [0.2, 0.25) is 0 Å². The summed E-state index contributed by atoms with van der Waals surface area (Å²) >= 11 is 0. The lowest BCUT2D eigenvalue weighted by Gasteiger charge is -2.04. The molecule has 0 unspecified atom stereocenters. The van der Waals surface area contributed by atoms with Gasteiger partial charge in [0.2, 0.25) is 5.89 Å². The molecule has 1 amide bonds. The summed E-state index contributed by atoms with van der Waals surface area (Å²) in [6.45, 7) is 0.355. The number of hydrogen-bond donors (Lipinski definition) is 1. The number of nitrogens with one attached hydrogen (secondary N) is 1. The van der Waals surface area contributed by atoms with Crippen LogP contribution in [0.4, 0.5) is 4.39 Å². The predicted octanol–water partition coefficient (Wildman–Crippen LogP) is 3.45. The van der Waals surface area contributed by atoms with Crippen molar-refractivity contribution in [3.63, 3.8) is 0 Å². The summed E-state index contributed by atoms with van der Waals surface area (Å²) in [5.74, 6) is -0.422. The van der Waals surface area contributed by atoms with E-state index in [-0.39, 0.29) is 5.56 Å². The second-order valence-electron chi connectivity index (χ2n) is 5.00. The highest BCUT2D eigenvalue weighted by Crippen LogP contribution is 2.17. The first kappa shape index (κ1) is 15.0. The molecule has 5 heteroatoms. The first-order chi connectivity index (χ1) is 11.2. The molecular weight excluding hydrogens is 295 g/mol. The Morgan fingerprint density at radius 2 is 1.83 bits per heavy atom. The molecule has 0 aliphatic carbocycles. The van der Waals surface area contributed by atoms with Crippen LogP contribution >= 0.6 is 0 Å². The second kappa shape index (κ2) is 6.87. The number of nitrogens with zero attached hydrogens (tertiary/aromatic N) is 1. The molecular formula is C18H15FN2O2. The van der Waals surface area contributed by atoms with Gasteiger partial charge in [-0.05, 0) is 24.3 Å². The average Bonchev–Trinajstić information content (AvgIpc) is 3.05. The molecule has 3 rings (SSSR count). The number of aromatic nitrogens is 1. The molecule has 0 spiro atoms. The van der Waals surface area contributed by atoms with Gasteiger partial charge in [0, 0.05) is 18.5 Å². The Balaban J connectivity index is 1.56. The van der Waals surface area contributed by atoms with Crippen LogP contribution in [0.1, 0.15) is 16.1 Å². The smallest absolute Gasteiger partial charge is 0.254 e. The number of amides is 1. The minimum atomic E-state index is -0.530. The normalized spacial score (nSPS) is 10.5. The summed E-state index contributed by atoms with van der Waals surface area (Å²) in [5, 5.41) is 2.68.